The van der Waals surface area contributed by atoms with Crippen molar-refractivity contribution < 1.29 is 62.9 Å². The fourth-order valence-corrected chi connectivity index (χ4v) is 10.7. The van der Waals surface area contributed by atoms with Gasteiger partial charge < -0.3 is 54.5 Å². The smallest absolute Gasteiger partial charge is 0.303 e. The molecule has 4 fully saturated rings. The van der Waals surface area contributed by atoms with Crippen LogP contribution >= 0.6 is 23.2 Å². The second kappa shape index (κ2) is 19.0. The van der Waals surface area contributed by atoms with E-state index in [1.165, 1.54) is 25.1 Å². The van der Waals surface area contributed by atoms with Gasteiger partial charge in [0.1, 0.15) is 40.9 Å². The molecular formula is C45H61Cl2N3O13. The van der Waals surface area contributed by atoms with Crippen molar-refractivity contribution in [2.45, 2.75) is 141 Å². The molecule has 0 radical (unpaired) electrons. The van der Waals surface area contributed by atoms with Gasteiger partial charge in [-0.2, -0.15) is 0 Å². The molecule has 6 N–H and O–H groups in total. The average Bonchev–Trinajstić information content (AvgIpc) is 3.68. The predicted molar refractivity (Wildman–Crippen MR) is 230 cm³/mol. The average molecular weight is 923 g/mol. The predicted octanol–water partition coefficient (Wildman–Crippen LogP) is 5.30. The van der Waals surface area contributed by atoms with E-state index >= 15 is 0 Å². The second-order valence-corrected chi connectivity index (χ2v) is 18.9. The molecule has 348 valence electrons. The lowest BCUT2D eigenvalue weighted by molar-refractivity contribution is -0.301. The summed E-state index contributed by atoms with van der Waals surface area (Å²) in [5, 5.41) is 36.0. The Balaban J connectivity index is 1.28. The monoisotopic (exact) mass is 921 g/mol. The summed E-state index contributed by atoms with van der Waals surface area (Å²) in [5.41, 5.74) is 4.50. The van der Waals surface area contributed by atoms with Crippen LogP contribution in [0.4, 0.5) is 0 Å². The van der Waals surface area contributed by atoms with Gasteiger partial charge in [0.2, 0.25) is 0 Å². The normalized spacial score (nSPS) is 38.4. The number of aliphatic hydroxyl groups is 3. The van der Waals surface area contributed by atoms with Gasteiger partial charge in [-0.25, -0.2) is 0 Å². The molecule has 3 aliphatic heterocycles. The van der Waals surface area contributed by atoms with Crippen LogP contribution in [0.1, 0.15) is 84.6 Å². The highest BCUT2D eigenvalue weighted by molar-refractivity contribution is 6.44. The number of methoxy groups -OCH3 is 1. The van der Waals surface area contributed by atoms with Crippen molar-refractivity contribution in [3.63, 3.8) is 0 Å². The van der Waals surface area contributed by atoms with Gasteiger partial charge >= 0.3 is 5.97 Å². The molecule has 3 saturated heterocycles. The number of hydrogen-bond acceptors (Lipinski definition) is 14. The van der Waals surface area contributed by atoms with Crippen molar-refractivity contribution in [3.05, 3.63) is 70.0 Å². The van der Waals surface area contributed by atoms with Crippen molar-refractivity contribution in [3.8, 4) is 0 Å². The first-order chi connectivity index (χ1) is 29.5. The molecule has 16 nitrogen and oxygen atoms in total. The zero-order valence-corrected chi connectivity index (χ0v) is 38.4. The number of carbonyl (C=O) groups is 4. The van der Waals surface area contributed by atoms with Crippen LogP contribution in [-0.2, 0) is 42.8 Å². The minimum atomic E-state index is -1.80. The summed E-state index contributed by atoms with van der Waals surface area (Å²) < 4.78 is 36.4. The maximum absolute atomic E-state index is 14.8. The third-order valence-electron chi connectivity index (χ3n) is 13.5. The third-order valence-corrected chi connectivity index (χ3v) is 14.3. The molecule has 1 aromatic heterocycles. The van der Waals surface area contributed by atoms with Crippen LogP contribution in [-0.4, -0.2) is 123 Å². The number of allylic oxidation sites excluding steroid dienone is 3. The van der Waals surface area contributed by atoms with E-state index in [9.17, 15) is 34.5 Å². The molecule has 6 rings (SSSR count). The molecule has 63 heavy (non-hydrogen) atoms. The maximum Gasteiger partial charge on any atom is 0.303 e. The number of esters is 1. The molecule has 16 unspecified atom stereocenters. The Bertz CT molecular complexity index is 2040. The zero-order valence-electron chi connectivity index (χ0n) is 36.9. The third kappa shape index (κ3) is 9.11. The van der Waals surface area contributed by atoms with E-state index in [0.29, 0.717) is 12.8 Å². The van der Waals surface area contributed by atoms with E-state index in [1.54, 1.807) is 34.6 Å². The molecular weight excluding hydrogens is 861 g/mol. The van der Waals surface area contributed by atoms with Crippen LogP contribution in [0.25, 0.3) is 0 Å². The maximum atomic E-state index is 14.8. The summed E-state index contributed by atoms with van der Waals surface area (Å²) in [6.45, 7) is 19.6. The number of nitrogens with one attached hydrogen (secondary N) is 1. The number of aliphatic hydroxyl groups excluding tert-OH is 2. The van der Waals surface area contributed by atoms with Crippen LogP contribution in [0.3, 0.4) is 0 Å². The number of ether oxygens (including phenoxy) is 6. The number of nitrogens with zero attached hydrogens (tertiary/aromatic N) is 1. The van der Waals surface area contributed by atoms with E-state index in [0.717, 1.165) is 5.57 Å². The Morgan fingerprint density at radius 2 is 1.76 bits per heavy atom. The summed E-state index contributed by atoms with van der Waals surface area (Å²) in [4.78, 5) is 59.0. The van der Waals surface area contributed by atoms with Crippen LogP contribution in [0, 0.1) is 35.5 Å². The molecule has 2 aliphatic carbocycles. The lowest BCUT2D eigenvalue weighted by atomic mass is 9.61. The molecule has 0 aromatic carbocycles. The van der Waals surface area contributed by atoms with Gasteiger partial charge in [-0.15, -0.1) is 0 Å². The van der Waals surface area contributed by atoms with Gasteiger partial charge in [0.15, 0.2) is 42.2 Å². The van der Waals surface area contributed by atoms with E-state index in [1.807, 2.05) is 19.1 Å². The summed E-state index contributed by atoms with van der Waals surface area (Å²) in [7, 11) is 1.35. The van der Waals surface area contributed by atoms with E-state index in [2.05, 4.69) is 18.1 Å². The Labute approximate surface area is 377 Å². The van der Waals surface area contributed by atoms with Crippen molar-refractivity contribution in [2.75, 3.05) is 7.11 Å². The summed E-state index contributed by atoms with van der Waals surface area (Å²) in [5.74, 6) is -6.19. The van der Waals surface area contributed by atoms with E-state index in [-0.39, 0.29) is 51.7 Å². The highest BCUT2D eigenvalue weighted by Crippen LogP contribution is 2.51. The molecule has 0 spiro atoms. The van der Waals surface area contributed by atoms with Gasteiger partial charge in [0, 0.05) is 44.9 Å². The quantitative estimate of drug-likeness (QED) is 0.0423. The van der Waals surface area contributed by atoms with Gasteiger partial charge in [0.25, 0.3) is 5.91 Å². The highest BCUT2D eigenvalue weighted by Gasteiger charge is 2.59. The number of rotatable bonds is 13. The molecule has 1 amide bonds. The number of H-pyrrole nitrogens is 1. The molecule has 1 aromatic rings. The molecule has 1 saturated carbocycles. The minimum absolute atomic E-state index is 0.0754. The summed E-state index contributed by atoms with van der Waals surface area (Å²) in [6, 6.07) is -1.09. The van der Waals surface area contributed by atoms with Gasteiger partial charge in [-0.1, -0.05) is 75.2 Å². The lowest BCUT2D eigenvalue weighted by Gasteiger charge is -2.50. The molecule has 0 bridgehead atoms. The van der Waals surface area contributed by atoms with Crippen molar-refractivity contribution in [1.29, 1.82) is 0 Å². The summed E-state index contributed by atoms with van der Waals surface area (Å²) in [6.07, 6.45) is -3.13. The highest BCUT2D eigenvalue weighted by atomic mass is 35.5. The number of likely N-dealkylation sites (tertiary alicyclic amines) is 1. The second-order valence-electron chi connectivity index (χ2n) is 18.1. The number of carbonyl (C=O) groups excluding carboxylic acids is 4. The largest absolute Gasteiger partial charge is 0.511 e. The summed E-state index contributed by atoms with van der Waals surface area (Å²) >= 11 is 12.3. The number of aromatic amines is 1. The SMILES string of the molecule is C=C(N)OC1C(C)OC(N2C(=O)/C(=C(\O)C3C(C)C=CC4C(OC5CC(O)(C(C)CC(=O)c6[nH]cc(Cl)c6Cl)C(O)C(C)O5)CCC(=C)C43)C(=O)C2C(C)C)C(OC)C1OC(C)=O. The Kier molecular flexibility index (Phi) is 14.7. The Morgan fingerprint density at radius 1 is 1.08 bits per heavy atom. The number of ketones is 2. The van der Waals surface area contributed by atoms with Crippen LogP contribution in [0.15, 0.2) is 54.3 Å². The molecule has 18 heteroatoms. The standard InChI is InChI=1S/C45H61Cl2N3O13/c1-18(2)36-38(54)33(43(56)50(36)44-41(58-10)40(62-25(9)51)39(22(6)60-44)61-24(8)48)37(53)32-20(4)11-13-26-29(14-12-19(3)31(26)32)63-30-16-45(57,42(55)23(7)59-30)21(5)15-28(52)35-34(47)27(46)17-49-35/h11,13,17-18,20-23,26,29-32,36,39-42,44,49,53,55,57H,3,8,12,14-16,48H2,1-2,4-7,9-10H3/b37-33-. The van der Waals surface area contributed by atoms with E-state index in [4.69, 9.17) is 57.4 Å². The van der Waals surface area contributed by atoms with Crippen LogP contribution in [0.5, 0.6) is 0 Å². The number of halogens is 2. The number of fused-ring (bicyclic) bond motifs is 1. The van der Waals surface area contributed by atoms with Crippen LogP contribution in [0.2, 0.25) is 10.0 Å². The zero-order chi connectivity index (χ0) is 46.6. The first-order valence-corrected chi connectivity index (χ1v) is 22.2. The van der Waals surface area contributed by atoms with Crippen molar-refractivity contribution in [1.82, 2.24) is 9.88 Å². The van der Waals surface area contributed by atoms with E-state index < -0.39 is 120 Å². The molecule has 16 atom stereocenters. The van der Waals surface area contributed by atoms with Crippen molar-refractivity contribution in [2.24, 2.45) is 41.2 Å². The fourth-order valence-electron chi connectivity index (χ4n) is 10.4. The van der Waals surface area contributed by atoms with Gasteiger partial charge in [0.05, 0.1) is 28.4 Å². The number of hydrogen-bond donors (Lipinski definition) is 5. The number of nitrogens with two attached hydrogens (primary N) is 1. The van der Waals surface area contributed by atoms with Gasteiger partial charge in [-0.05, 0) is 56.9 Å². The first kappa shape index (κ1) is 48.7. The number of aromatic nitrogens is 1. The molecule has 5 aliphatic rings. The Hall–Kier alpha value is -3.74. The number of Topliss-reactive ketones (excluding diaryl/α,β-unsaturated/α-hetero) is 2. The van der Waals surface area contributed by atoms with Gasteiger partial charge in [-0.3, -0.25) is 24.1 Å². The topological polar surface area (TPSA) is 229 Å². The fraction of sp³-hybridized carbons (Fsp3) is 0.644. The van der Waals surface area contributed by atoms with Crippen molar-refractivity contribution >= 4 is 46.6 Å². The van der Waals surface area contributed by atoms with Crippen LogP contribution < -0.4 is 5.73 Å². The molecule has 4 heterocycles. The number of amides is 1. The lowest BCUT2D eigenvalue weighted by Crippen LogP contribution is -2.66. The Morgan fingerprint density at radius 3 is 2.35 bits per heavy atom. The first-order valence-electron chi connectivity index (χ1n) is 21.4. The minimum Gasteiger partial charge on any atom is -0.511 e.